The second-order valence-electron chi connectivity index (χ2n) is 2.31. The van der Waals surface area contributed by atoms with Gasteiger partial charge >= 0.3 is 0 Å². The van der Waals surface area contributed by atoms with E-state index in [-0.39, 0.29) is 0 Å². The van der Waals surface area contributed by atoms with Gasteiger partial charge in [-0.3, -0.25) is 0 Å². The highest BCUT2D eigenvalue weighted by Crippen LogP contribution is 2.20. The molecule has 13 heavy (non-hydrogen) atoms. The van der Waals surface area contributed by atoms with Gasteiger partial charge in [0.25, 0.3) is 0 Å². The molecular formula is C8H7N3OS. The van der Waals surface area contributed by atoms with Gasteiger partial charge in [-0.1, -0.05) is 17.4 Å². The normalized spacial score (nSPS) is 9.92. The highest BCUT2D eigenvalue weighted by molar-refractivity contribution is 7.12. The van der Waals surface area contributed by atoms with Crippen LogP contribution in [0.15, 0.2) is 23.7 Å². The molecule has 0 spiro atoms. The van der Waals surface area contributed by atoms with E-state index in [0.717, 1.165) is 10.7 Å². The fourth-order valence-corrected chi connectivity index (χ4v) is 1.46. The Balaban J connectivity index is 2.41. The first-order valence-electron chi connectivity index (χ1n) is 3.68. The van der Waals surface area contributed by atoms with E-state index in [4.69, 9.17) is 4.74 Å². The molecule has 66 valence electrons. The Kier molecular flexibility index (Phi) is 2.18. The molecule has 0 N–H and O–H groups in total. The summed E-state index contributed by atoms with van der Waals surface area (Å²) < 4.78 is 5.00. The van der Waals surface area contributed by atoms with E-state index in [9.17, 15) is 0 Å². The maximum absolute atomic E-state index is 5.00. The first-order valence-corrected chi connectivity index (χ1v) is 4.55. The third-order valence-electron chi connectivity index (χ3n) is 1.51. The number of pyridine rings is 1. The zero-order valence-electron chi connectivity index (χ0n) is 6.97. The maximum Gasteiger partial charge on any atom is 0.213 e. The summed E-state index contributed by atoms with van der Waals surface area (Å²) in [6, 6.07) is 5.55. The van der Waals surface area contributed by atoms with Gasteiger partial charge in [0, 0.05) is 6.07 Å². The Morgan fingerprint density at radius 3 is 3.00 bits per heavy atom. The Morgan fingerprint density at radius 2 is 2.31 bits per heavy atom. The summed E-state index contributed by atoms with van der Waals surface area (Å²) in [7, 11) is 1.59. The lowest BCUT2D eigenvalue weighted by Gasteiger charge is -1.98. The van der Waals surface area contributed by atoms with Crippen LogP contribution in [-0.4, -0.2) is 22.3 Å². The van der Waals surface area contributed by atoms with Crippen molar-refractivity contribution in [2.45, 2.75) is 0 Å². The van der Waals surface area contributed by atoms with E-state index in [1.165, 1.54) is 11.3 Å². The van der Waals surface area contributed by atoms with Crippen molar-refractivity contribution in [2.24, 2.45) is 0 Å². The number of nitrogens with zero attached hydrogens (tertiary/aromatic N) is 3. The summed E-state index contributed by atoms with van der Waals surface area (Å²) in [6.07, 6.45) is 0. The number of aromatic nitrogens is 3. The Hall–Kier alpha value is -1.49. The molecule has 2 aromatic heterocycles. The SMILES string of the molecule is COc1cccc(-c2nncs2)n1. The topological polar surface area (TPSA) is 47.9 Å². The average molecular weight is 193 g/mol. The smallest absolute Gasteiger partial charge is 0.213 e. The molecule has 0 amide bonds. The molecule has 0 aliphatic carbocycles. The molecule has 0 radical (unpaired) electrons. The van der Waals surface area contributed by atoms with Crippen LogP contribution in [0.1, 0.15) is 0 Å². The largest absolute Gasteiger partial charge is 0.481 e. The van der Waals surface area contributed by atoms with Gasteiger partial charge in [-0.25, -0.2) is 4.98 Å². The molecule has 0 aromatic carbocycles. The van der Waals surface area contributed by atoms with Gasteiger partial charge in [0.05, 0.1) is 7.11 Å². The van der Waals surface area contributed by atoms with E-state index >= 15 is 0 Å². The fraction of sp³-hybridized carbons (Fsp3) is 0.125. The minimum atomic E-state index is 0.590. The lowest BCUT2D eigenvalue weighted by molar-refractivity contribution is 0.398. The first-order chi connectivity index (χ1) is 6.40. The molecule has 0 atom stereocenters. The lowest BCUT2D eigenvalue weighted by atomic mass is 10.4. The van der Waals surface area contributed by atoms with Gasteiger partial charge < -0.3 is 4.74 Å². The van der Waals surface area contributed by atoms with Crippen LogP contribution >= 0.6 is 11.3 Å². The Labute approximate surface area is 79.2 Å². The highest BCUT2D eigenvalue weighted by Gasteiger charge is 2.03. The van der Waals surface area contributed by atoms with Crippen LogP contribution in [0.4, 0.5) is 0 Å². The van der Waals surface area contributed by atoms with Crippen molar-refractivity contribution in [3.63, 3.8) is 0 Å². The quantitative estimate of drug-likeness (QED) is 0.727. The average Bonchev–Trinajstić information content (AvgIpc) is 2.71. The number of hydrogen-bond donors (Lipinski definition) is 0. The summed E-state index contributed by atoms with van der Waals surface area (Å²) in [5.74, 6) is 0.590. The standard InChI is InChI=1S/C8H7N3OS/c1-12-7-4-2-3-6(10-7)8-11-9-5-13-8/h2-5H,1H3. The van der Waals surface area contributed by atoms with Gasteiger partial charge in [0.2, 0.25) is 5.88 Å². The number of ether oxygens (including phenoxy) is 1. The van der Waals surface area contributed by atoms with Crippen molar-refractivity contribution < 1.29 is 4.74 Å². The van der Waals surface area contributed by atoms with Gasteiger partial charge in [-0.2, -0.15) is 0 Å². The zero-order chi connectivity index (χ0) is 9.10. The van der Waals surface area contributed by atoms with Gasteiger partial charge in [-0.15, -0.1) is 10.2 Å². The van der Waals surface area contributed by atoms with Crippen molar-refractivity contribution in [3.05, 3.63) is 23.7 Å². The van der Waals surface area contributed by atoms with Crippen LogP contribution in [0.5, 0.6) is 5.88 Å². The minimum Gasteiger partial charge on any atom is -0.481 e. The molecule has 0 saturated heterocycles. The van der Waals surface area contributed by atoms with E-state index in [2.05, 4.69) is 15.2 Å². The lowest BCUT2D eigenvalue weighted by Crippen LogP contribution is -1.88. The molecule has 0 unspecified atom stereocenters. The molecule has 0 aliphatic heterocycles. The summed E-state index contributed by atoms with van der Waals surface area (Å²) in [5, 5.41) is 8.46. The fourth-order valence-electron chi connectivity index (χ4n) is 0.932. The predicted molar refractivity (Wildman–Crippen MR) is 49.7 cm³/mol. The first kappa shape index (κ1) is 8.12. The van der Waals surface area contributed by atoms with Crippen molar-refractivity contribution >= 4 is 11.3 Å². The third-order valence-corrected chi connectivity index (χ3v) is 2.23. The van der Waals surface area contributed by atoms with Crippen LogP contribution in [0.25, 0.3) is 10.7 Å². The highest BCUT2D eigenvalue weighted by atomic mass is 32.1. The molecular weight excluding hydrogens is 186 g/mol. The number of hydrogen-bond acceptors (Lipinski definition) is 5. The van der Waals surface area contributed by atoms with E-state index in [1.54, 1.807) is 18.7 Å². The van der Waals surface area contributed by atoms with Crippen molar-refractivity contribution in [3.8, 4) is 16.6 Å². The number of methoxy groups -OCH3 is 1. The molecule has 2 aromatic rings. The summed E-state index contributed by atoms with van der Waals surface area (Å²) >= 11 is 1.45. The van der Waals surface area contributed by atoms with E-state index in [0.29, 0.717) is 5.88 Å². The molecule has 2 heterocycles. The zero-order valence-corrected chi connectivity index (χ0v) is 7.78. The monoisotopic (exact) mass is 193 g/mol. The Bertz CT molecular complexity index is 388. The molecule has 2 rings (SSSR count). The van der Waals surface area contributed by atoms with Gasteiger partial charge in [-0.05, 0) is 6.07 Å². The van der Waals surface area contributed by atoms with Gasteiger partial charge in [0.15, 0.2) is 5.01 Å². The third kappa shape index (κ3) is 1.65. The second kappa shape index (κ2) is 3.49. The molecule has 0 aliphatic rings. The predicted octanol–water partition coefficient (Wildman–Crippen LogP) is 1.61. The van der Waals surface area contributed by atoms with Crippen LogP contribution in [0, 0.1) is 0 Å². The van der Waals surface area contributed by atoms with Crippen molar-refractivity contribution in [1.82, 2.24) is 15.2 Å². The van der Waals surface area contributed by atoms with Gasteiger partial charge in [0.1, 0.15) is 11.2 Å². The molecule has 4 nitrogen and oxygen atoms in total. The maximum atomic E-state index is 5.00. The summed E-state index contributed by atoms with van der Waals surface area (Å²) in [6.45, 7) is 0. The number of rotatable bonds is 2. The van der Waals surface area contributed by atoms with E-state index < -0.39 is 0 Å². The van der Waals surface area contributed by atoms with E-state index in [1.807, 2.05) is 12.1 Å². The minimum absolute atomic E-state index is 0.590. The van der Waals surface area contributed by atoms with Crippen LogP contribution in [0.3, 0.4) is 0 Å². The van der Waals surface area contributed by atoms with Crippen LogP contribution in [-0.2, 0) is 0 Å². The molecule has 5 heteroatoms. The van der Waals surface area contributed by atoms with Crippen molar-refractivity contribution in [2.75, 3.05) is 7.11 Å². The van der Waals surface area contributed by atoms with Crippen molar-refractivity contribution in [1.29, 1.82) is 0 Å². The Morgan fingerprint density at radius 1 is 1.38 bits per heavy atom. The molecule has 0 fully saturated rings. The van der Waals surface area contributed by atoms with Crippen LogP contribution in [0.2, 0.25) is 0 Å². The summed E-state index contributed by atoms with van der Waals surface area (Å²) in [5.41, 5.74) is 2.47. The molecule has 0 saturated carbocycles. The second-order valence-corrected chi connectivity index (χ2v) is 3.14. The summed E-state index contributed by atoms with van der Waals surface area (Å²) in [4.78, 5) is 4.22. The molecule has 0 bridgehead atoms. The van der Waals surface area contributed by atoms with Crippen LogP contribution < -0.4 is 4.74 Å².